The zero-order valence-electron chi connectivity index (χ0n) is 20.9. The molecule has 0 unspecified atom stereocenters. The minimum Gasteiger partial charge on any atom is -0.475 e. The lowest BCUT2D eigenvalue weighted by Gasteiger charge is -2.43. The SMILES string of the molecule is COCC(=O)N1CCN2C(=O)[C@@H]3C[C@@H](CN3Cc3ccc(F)c(F)c3)NC(=O)c3cccnc3OC[C@@H]2C1. The van der Waals surface area contributed by atoms with Gasteiger partial charge in [0, 0.05) is 52.1 Å². The standard InChI is InChI=1S/C26H29F2N5O5/c1-37-15-23(34)31-7-8-33-18(13-31)14-38-25-19(3-2-6-29-25)24(35)30-17-10-22(26(33)36)32(12-17)11-16-4-5-20(27)21(28)9-16/h2-6,9,17-18,22H,7-8,10-15H2,1H3,(H,30,35)/t17-,18-,22-/m0/s1. The third-order valence-corrected chi connectivity index (χ3v) is 7.21. The first kappa shape index (κ1) is 26.0. The topological polar surface area (TPSA) is 104 Å². The number of methoxy groups -OCH3 is 1. The van der Waals surface area contributed by atoms with Gasteiger partial charge in [0.2, 0.25) is 17.7 Å². The molecule has 1 N–H and O–H groups in total. The predicted molar refractivity (Wildman–Crippen MR) is 130 cm³/mol. The molecule has 2 fully saturated rings. The minimum absolute atomic E-state index is 0.0269. The van der Waals surface area contributed by atoms with Crippen LogP contribution in [0.1, 0.15) is 22.3 Å². The summed E-state index contributed by atoms with van der Waals surface area (Å²) in [6, 6.07) is 5.47. The monoisotopic (exact) mass is 529 g/mol. The smallest absolute Gasteiger partial charge is 0.257 e. The molecule has 202 valence electrons. The summed E-state index contributed by atoms with van der Waals surface area (Å²) in [7, 11) is 1.45. The summed E-state index contributed by atoms with van der Waals surface area (Å²) in [6.45, 7) is 1.37. The Bertz CT molecular complexity index is 1230. The lowest BCUT2D eigenvalue weighted by Crippen LogP contribution is -2.61. The van der Waals surface area contributed by atoms with Crippen molar-refractivity contribution in [3.8, 4) is 5.88 Å². The van der Waals surface area contributed by atoms with E-state index in [4.69, 9.17) is 9.47 Å². The molecule has 4 heterocycles. The van der Waals surface area contributed by atoms with E-state index in [1.807, 2.05) is 4.90 Å². The van der Waals surface area contributed by atoms with E-state index >= 15 is 0 Å². The summed E-state index contributed by atoms with van der Waals surface area (Å²) in [4.78, 5) is 49.1. The van der Waals surface area contributed by atoms with Crippen LogP contribution in [0.25, 0.3) is 0 Å². The molecule has 0 radical (unpaired) electrons. The average Bonchev–Trinajstić information content (AvgIpc) is 3.30. The number of aromatic nitrogens is 1. The zero-order chi connectivity index (χ0) is 26.8. The largest absolute Gasteiger partial charge is 0.475 e. The van der Waals surface area contributed by atoms with Gasteiger partial charge in [-0.25, -0.2) is 13.8 Å². The fourth-order valence-electron chi connectivity index (χ4n) is 5.35. The van der Waals surface area contributed by atoms with Crippen molar-refractivity contribution in [3.63, 3.8) is 0 Å². The molecule has 1 aromatic carbocycles. The number of carbonyl (C=O) groups is 3. The second-order valence-electron chi connectivity index (χ2n) is 9.73. The lowest BCUT2D eigenvalue weighted by molar-refractivity contribution is -0.148. The maximum atomic E-state index is 13.9. The van der Waals surface area contributed by atoms with Crippen LogP contribution in [-0.4, -0.2) is 102 Å². The second-order valence-corrected chi connectivity index (χ2v) is 9.73. The highest BCUT2D eigenvalue weighted by Gasteiger charge is 2.43. The van der Waals surface area contributed by atoms with E-state index in [1.54, 1.807) is 21.9 Å². The fourth-order valence-corrected chi connectivity index (χ4v) is 5.35. The van der Waals surface area contributed by atoms with Crippen LogP contribution < -0.4 is 10.1 Å². The maximum absolute atomic E-state index is 13.9. The van der Waals surface area contributed by atoms with Crippen LogP contribution in [0.5, 0.6) is 5.88 Å². The molecule has 1 aromatic heterocycles. The van der Waals surface area contributed by atoms with Crippen molar-refractivity contribution in [2.45, 2.75) is 31.1 Å². The fraction of sp³-hybridized carbons (Fsp3) is 0.462. The highest BCUT2D eigenvalue weighted by Crippen LogP contribution is 2.27. The first-order valence-corrected chi connectivity index (χ1v) is 12.5. The number of pyridine rings is 1. The third kappa shape index (κ3) is 5.32. The summed E-state index contributed by atoms with van der Waals surface area (Å²) < 4.78 is 38.4. The van der Waals surface area contributed by atoms with Crippen molar-refractivity contribution in [1.29, 1.82) is 0 Å². The average molecular weight is 530 g/mol. The van der Waals surface area contributed by atoms with Gasteiger partial charge in [-0.2, -0.15) is 0 Å². The molecule has 3 aliphatic heterocycles. The van der Waals surface area contributed by atoms with Gasteiger partial charge in [-0.1, -0.05) is 6.07 Å². The lowest BCUT2D eigenvalue weighted by atomic mass is 10.1. The number of nitrogens with zero attached hydrogens (tertiary/aromatic N) is 4. The van der Waals surface area contributed by atoms with E-state index in [-0.39, 0.29) is 61.5 Å². The molecule has 2 bridgehead atoms. The first-order chi connectivity index (χ1) is 18.3. The summed E-state index contributed by atoms with van der Waals surface area (Å²) >= 11 is 0. The zero-order valence-corrected chi connectivity index (χ0v) is 20.9. The molecule has 2 aromatic rings. The van der Waals surface area contributed by atoms with Crippen LogP contribution in [0.15, 0.2) is 36.5 Å². The van der Waals surface area contributed by atoms with Gasteiger partial charge >= 0.3 is 0 Å². The van der Waals surface area contributed by atoms with Crippen LogP contribution in [-0.2, 0) is 20.9 Å². The Labute approximate surface area is 218 Å². The molecule has 0 saturated carbocycles. The summed E-state index contributed by atoms with van der Waals surface area (Å²) in [5, 5.41) is 2.98. The van der Waals surface area contributed by atoms with Gasteiger partial charge in [0.25, 0.3) is 5.91 Å². The Morgan fingerprint density at radius 3 is 2.82 bits per heavy atom. The van der Waals surface area contributed by atoms with E-state index in [2.05, 4.69) is 10.3 Å². The Morgan fingerprint density at radius 1 is 1.18 bits per heavy atom. The molecule has 3 atom stereocenters. The van der Waals surface area contributed by atoms with Crippen molar-refractivity contribution >= 4 is 17.7 Å². The third-order valence-electron chi connectivity index (χ3n) is 7.21. The summed E-state index contributed by atoms with van der Waals surface area (Å²) in [5.74, 6) is -2.49. The van der Waals surface area contributed by atoms with Gasteiger partial charge in [-0.15, -0.1) is 0 Å². The Balaban J connectivity index is 1.46. The minimum atomic E-state index is -0.960. The van der Waals surface area contributed by atoms with E-state index < -0.39 is 23.7 Å². The summed E-state index contributed by atoms with van der Waals surface area (Å²) in [6.07, 6.45) is 1.87. The number of likely N-dealkylation sites (tertiary alicyclic amines) is 1. The summed E-state index contributed by atoms with van der Waals surface area (Å²) in [5.41, 5.74) is 0.784. The number of carbonyl (C=O) groups excluding carboxylic acids is 3. The molecular formula is C26H29F2N5O5. The van der Waals surface area contributed by atoms with Crippen LogP contribution in [0.3, 0.4) is 0 Å². The maximum Gasteiger partial charge on any atom is 0.257 e. The predicted octanol–water partition coefficient (Wildman–Crippen LogP) is 0.811. The number of ether oxygens (including phenoxy) is 2. The number of hydrogen-bond acceptors (Lipinski definition) is 7. The first-order valence-electron chi connectivity index (χ1n) is 12.5. The van der Waals surface area contributed by atoms with Gasteiger partial charge in [-0.05, 0) is 36.2 Å². The van der Waals surface area contributed by atoms with E-state index in [0.717, 1.165) is 12.1 Å². The molecule has 38 heavy (non-hydrogen) atoms. The Morgan fingerprint density at radius 2 is 2.03 bits per heavy atom. The van der Waals surface area contributed by atoms with Gasteiger partial charge in [0.1, 0.15) is 18.8 Å². The number of benzene rings is 1. The Hall–Kier alpha value is -3.64. The Kier molecular flexibility index (Phi) is 7.52. The van der Waals surface area contributed by atoms with Crippen LogP contribution in [0.4, 0.5) is 8.78 Å². The van der Waals surface area contributed by atoms with E-state index in [1.165, 1.54) is 19.4 Å². The molecule has 0 aliphatic carbocycles. The van der Waals surface area contributed by atoms with Crippen molar-refractivity contribution in [3.05, 3.63) is 59.3 Å². The number of rotatable bonds is 4. The van der Waals surface area contributed by atoms with Crippen LogP contribution in [0, 0.1) is 11.6 Å². The number of piperazine rings is 1. The molecule has 3 aliphatic rings. The number of amides is 3. The van der Waals surface area contributed by atoms with E-state index in [9.17, 15) is 23.2 Å². The second kappa shape index (κ2) is 11.0. The van der Waals surface area contributed by atoms with Crippen molar-refractivity contribution in [1.82, 2.24) is 25.0 Å². The van der Waals surface area contributed by atoms with Crippen molar-refractivity contribution in [2.75, 3.05) is 46.5 Å². The van der Waals surface area contributed by atoms with Gasteiger partial charge in [0.15, 0.2) is 11.6 Å². The molecule has 12 heteroatoms. The number of fused-ring (bicyclic) bond motifs is 4. The molecule has 10 nitrogen and oxygen atoms in total. The number of hydrogen-bond donors (Lipinski definition) is 1. The van der Waals surface area contributed by atoms with Crippen LogP contribution >= 0.6 is 0 Å². The van der Waals surface area contributed by atoms with Crippen molar-refractivity contribution in [2.24, 2.45) is 0 Å². The molecule has 5 rings (SSSR count). The highest BCUT2D eigenvalue weighted by atomic mass is 19.2. The van der Waals surface area contributed by atoms with Crippen LogP contribution in [0.2, 0.25) is 0 Å². The normalized spacial score (nSPS) is 24.0. The quantitative estimate of drug-likeness (QED) is 0.625. The van der Waals surface area contributed by atoms with Gasteiger partial charge < -0.3 is 24.6 Å². The molecule has 3 amide bonds. The van der Waals surface area contributed by atoms with Gasteiger partial charge in [-0.3, -0.25) is 19.3 Å². The highest BCUT2D eigenvalue weighted by molar-refractivity contribution is 5.96. The molecular weight excluding hydrogens is 500 g/mol. The van der Waals surface area contributed by atoms with E-state index in [0.29, 0.717) is 31.6 Å². The number of nitrogens with one attached hydrogen (secondary N) is 1. The van der Waals surface area contributed by atoms with Crippen molar-refractivity contribution < 1.29 is 32.6 Å². The van der Waals surface area contributed by atoms with Gasteiger partial charge in [0.05, 0.1) is 12.1 Å². The molecule has 2 saturated heterocycles. The number of halogens is 2. The molecule has 0 spiro atoms.